The number of hydrogen-bond donors (Lipinski definition) is 2. The Bertz CT molecular complexity index is 535. The topological polar surface area (TPSA) is 72.9 Å². The van der Waals surface area contributed by atoms with Crippen molar-refractivity contribution >= 4 is 5.91 Å². The van der Waals surface area contributed by atoms with E-state index >= 15 is 0 Å². The molecule has 0 bridgehead atoms. The van der Waals surface area contributed by atoms with Crippen molar-refractivity contribution in [3.63, 3.8) is 0 Å². The van der Waals surface area contributed by atoms with Gasteiger partial charge in [0, 0.05) is 19.4 Å². The second-order valence-corrected chi connectivity index (χ2v) is 4.47. The van der Waals surface area contributed by atoms with Crippen LogP contribution >= 0.6 is 0 Å². The first-order valence-electron chi connectivity index (χ1n) is 6.20. The summed E-state index contributed by atoms with van der Waals surface area (Å²) >= 11 is 0. The Morgan fingerprint density at radius 2 is 2.16 bits per heavy atom. The van der Waals surface area contributed by atoms with Gasteiger partial charge in [-0.05, 0) is 12.0 Å². The van der Waals surface area contributed by atoms with E-state index in [1.54, 1.807) is 6.20 Å². The highest BCUT2D eigenvalue weighted by Crippen LogP contribution is 2.02. The molecule has 19 heavy (non-hydrogen) atoms. The highest BCUT2D eigenvalue weighted by molar-refractivity contribution is 5.81. The van der Waals surface area contributed by atoms with Gasteiger partial charge >= 0.3 is 0 Å². The zero-order valence-corrected chi connectivity index (χ0v) is 10.9. The van der Waals surface area contributed by atoms with E-state index in [0.717, 1.165) is 11.4 Å². The quantitative estimate of drug-likeness (QED) is 0.825. The van der Waals surface area contributed by atoms with Gasteiger partial charge in [0.15, 0.2) is 0 Å². The van der Waals surface area contributed by atoms with Crippen LogP contribution in [0.3, 0.4) is 0 Å². The molecule has 5 nitrogen and oxygen atoms in total. The average Bonchev–Trinajstić information content (AvgIpc) is 2.82. The predicted molar refractivity (Wildman–Crippen MR) is 73.2 cm³/mol. The molecule has 1 amide bonds. The molecule has 3 N–H and O–H groups in total. The standard InChI is InChI=1S/C14H18N4O/c1-18-8-7-16-13(18)10-17-14(19)12(15)9-11-5-3-2-4-6-11/h2-8,12H,9-10,15H2,1H3,(H,17,19). The van der Waals surface area contributed by atoms with Crippen molar-refractivity contribution in [1.29, 1.82) is 0 Å². The molecule has 1 unspecified atom stereocenters. The Balaban J connectivity index is 1.84. The lowest BCUT2D eigenvalue weighted by Crippen LogP contribution is -2.42. The third kappa shape index (κ3) is 3.66. The van der Waals surface area contributed by atoms with Crippen LogP contribution in [-0.2, 0) is 24.8 Å². The van der Waals surface area contributed by atoms with Gasteiger partial charge in [-0.2, -0.15) is 0 Å². The zero-order valence-electron chi connectivity index (χ0n) is 10.9. The van der Waals surface area contributed by atoms with Gasteiger partial charge in [-0.15, -0.1) is 0 Å². The molecule has 5 heteroatoms. The lowest BCUT2D eigenvalue weighted by molar-refractivity contribution is -0.122. The number of nitrogens with zero attached hydrogens (tertiary/aromatic N) is 2. The highest BCUT2D eigenvalue weighted by Gasteiger charge is 2.14. The van der Waals surface area contributed by atoms with Crippen LogP contribution in [0.5, 0.6) is 0 Å². The molecule has 0 aliphatic carbocycles. The van der Waals surface area contributed by atoms with Crippen molar-refractivity contribution < 1.29 is 4.79 Å². The Morgan fingerprint density at radius 1 is 1.42 bits per heavy atom. The fourth-order valence-electron chi connectivity index (χ4n) is 1.82. The summed E-state index contributed by atoms with van der Waals surface area (Å²) in [6, 6.07) is 9.21. The largest absolute Gasteiger partial charge is 0.348 e. The molecule has 0 saturated carbocycles. The molecule has 0 spiro atoms. The van der Waals surface area contributed by atoms with Crippen LogP contribution in [0.4, 0.5) is 0 Å². The van der Waals surface area contributed by atoms with Gasteiger partial charge in [0.1, 0.15) is 5.82 Å². The van der Waals surface area contributed by atoms with E-state index in [1.807, 2.05) is 48.1 Å². The molecule has 0 radical (unpaired) electrons. The summed E-state index contributed by atoms with van der Waals surface area (Å²) in [5, 5.41) is 2.80. The van der Waals surface area contributed by atoms with E-state index in [2.05, 4.69) is 10.3 Å². The lowest BCUT2D eigenvalue weighted by atomic mass is 10.1. The number of imidazole rings is 1. The average molecular weight is 258 g/mol. The molecule has 1 aromatic carbocycles. The van der Waals surface area contributed by atoms with Gasteiger partial charge in [0.2, 0.25) is 5.91 Å². The van der Waals surface area contributed by atoms with Crippen LogP contribution in [0.1, 0.15) is 11.4 Å². The minimum atomic E-state index is -0.539. The van der Waals surface area contributed by atoms with Crippen molar-refractivity contribution in [3.05, 3.63) is 54.1 Å². The Kier molecular flexibility index (Phi) is 4.30. The minimum Gasteiger partial charge on any atom is -0.348 e. The maximum absolute atomic E-state index is 11.9. The number of rotatable bonds is 5. The number of carbonyl (C=O) groups excluding carboxylic acids is 1. The lowest BCUT2D eigenvalue weighted by Gasteiger charge is -2.12. The molecule has 0 aliphatic rings. The number of aromatic nitrogens is 2. The number of carbonyl (C=O) groups is 1. The summed E-state index contributed by atoms with van der Waals surface area (Å²) in [5.41, 5.74) is 6.95. The number of nitrogens with one attached hydrogen (secondary N) is 1. The van der Waals surface area contributed by atoms with Crippen molar-refractivity contribution in [3.8, 4) is 0 Å². The fourth-order valence-corrected chi connectivity index (χ4v) is 1.82. The number of amides is 1. The maximum Gasteiger partial charge on any atom is 0.237 e. The van der Waals surface area contributed by atoms with Gasteiger partial charge in [-0.25, -0.2) is 4.98 Å². The van der Waals surface area contributed by atoms with Crippen LogP contribution in [0, 0.1) is 0 Å². The number of hydrogen-bond acceptors (Lipinski definition) is 3. The molecular weight excluding hydrogens is 240 g/mol. The first-order valence-corrected chi connectivity index (χ1v) is 6.20. The number of benzene rings is 1. The molecule has 0 saturated heterocycles. The van der Waals surface area contributed by atoms with E-state index < -0.39 is 6.04 Å². The van der Waals surface area contributed by atoms with Crippen molar-refractivity contribution in [2.24, 2.45) is 12.8 Å². The predicted octanol–water partition coefficient (Wildman–Crippen LogP) is 0.606. The van der Waals surface area contributed by atoms with Gasteiger partial charge in [0.05, 0.1) is 12.6 Å². The van der Waals surface area contributed by atoms with E-state index in [1.165, 1.54) is 0 Å². The normalized spacial score (nSPS) is 12.1. The summed E-state index contributed by atoms with van der Waals surface area (Å²) in [6.07, 6.45) is 4.07. The summed E-state index contributed by atoms with van der Waals surface area (Å²) < 4.78 is 1.86. The molecule has 0 aliphatic heterocycles. The summed E-state index contributed by atoms with van der Waals surface area (Å²) in [5.74, 6) is 0.645. The smallest absolute Gasteiger partial charge is 0.237 e. The van der Waals surface area contributed by atoms with Crippen molar-refractivity contribution in [1.82, 2.24) is 14.9 Å². The monoisotopic (exact) mass is 258 g/mol. The van der Waals surface area contributed by atoms with Gasteiger partial charge in [-0.3, -0.25) is 4.79 Å². The first kappa shape index (κ1) is 13.3. The summed E-state index contributed by atoms with van der Waals surface area (Å²) in [6.45, 7) is 0.394. The number of nitrogens with two attached hydrogens (primary N) is 1. The zero-order chi connectivity index (χ0) is 13.7. The molecule has 0 fully saturated rings. The van der Waals surface area contributed by atoms with Gasteiger partial charge in [0.25, 0.3) is 0 Å². The minimum absolute atomic E-state index is 0.160. The SMILES string of the molecule is Cn1ccnc1CNC(=O)C(N)Cc1ccccc1. The molecule has 2 rings (SSSR count). The second kappa shape index (κ2) is 6.15. The maximum atomic E-state index is 11.9. The highest BCUT2D eigenvalue weighted by atomic mass is 16.2. The van der Waals surface area contributed by atoms with Gasteiger partial charge in [-0.1, -0.05) is 30.3 Å². The number of aryl methyl sites for hydroxylation is 1. The third-order valence-corrected chi connectivity index (χ3v) is 2.98. The van der Waals surface area contributed by atoms with E-state index in [4.69, 9.17) is 5.73 Å². The Morgan fingerprint density at radius 3 is 2.79 bits per heavy atom. The van der Waals surface area contributed by atoms with E-state index in [-0.39, 0.29) is 5.91 Å². The molecule has 1 aromatic heterocycles. The van der Waals surface area contributed by atoms with Crippen LogP contribution in [-0.4, -0.2) is 21.5 Å². The first-order chi connectivity index (χ1) is 9.16. The Hall–Kier alpha value is -2.14. The molecule has 2 aromatic rings. The Labute approximate surface area is 112 Å². The van der Waals surface area contributed by atoms with Crippen LogP contribution in [0.15, 0.2) is 42.7 Å². The van der Waals surface area contributed by atoms with Crippen LogP contribution in [0.25, 0.3) is 0 Å². The van der Waals surface area contributed by atoms with Crippen molar-refractivity contribution in [2.45, 2.75) is 19.0 Å². The van der Waals surface area contributed by atoms with Gasteiger partial charge < -0.3 is 15.6 Å². The third-order valence-electron chi connectivity index (χ3n) is 2.98. The van der Waals surface area contributed by atoms with Crippen LogP contribution in [0.2, 0.25) is 0 Å². The van der Waals surface area contributed by atoms with E-state index in [0.29, 0.717) is 13.0 Å². The summed E-state index contributed by atoms with van der Waals surface area (Å²) in [4.78, 5) is 16.0. The molecule has 1 atom stereocenters. The summed E-state index contributed by atoms with van der Waals surface area (Å²) in [7, 11) is 1.89. The fraction of sp³-hybridized carbons (Fsp3) is 0.286. The second-order valence-electron chi connectivity index (χ2n) is 4.47. The molecular formula is C14H18N4O. The van der Waals surface area contributed by atoms with Crippen molar-refractivity contribution in [2.75, 3.05) is 0 Å². The van der Waals surface area contributed by atoms with E-state index in [9.17, 15) is 4.79 Å². The molecule has 100 valence electrons. The van der Waals surface area contributed by atoms with Crippen LogP contribution < -0.4 is 11.1 Å². The molecule has 1 heterocycles.